The molecule has 1 saturated heterocycles. The first-order valence-electron chi connectivity index (χ1n) is 8.48. The summed E-state index contributed by atoms with van der Waals surface area (Å²) >= 11 is 0. The van der Waals surface area contributed by atoms with Crippen molar-refractivity contribution in [3.63, 3.8) is 0 Å². The van der Waals surface area contributed by atoms with E-state index in [4.69, 9.17) is 4.74 Å². The maximum atomic E-state index is 12.2. The van der Waals surface area contributed by atoms with Crippen LogP contribution < -0.4 is 0 Å². The largest absolute Gasteiger partial charge is 0.444 e. The molecular weight excluding hydrogens is 266 g/mol. The van der Waals surface area contributed by atoms with Gasteiger partial charge in [0.05, 0.1) is 0 Å². The van der Waals surface area contributed by atoms with Crippen LogP contribution in [0, 0.1) is 17.8 Å². The van der Waals surface area contributed by atoms with Crippen molar-refractivity contribution < 1.29 is 14.6 Å². The van der Waals surface area contributed by atoms with Crippen LogP contribution in [0.3, 0.4) is 0 Å². The average Bonchev–Trinajstić information content (AvgIpc) is 2.81. The minimum Gasteiger partial charge on any atom is -0.444 e. The van der Waals surface area contributed by atoms with Crippen molar-refractivity contribution in [2.24, 2.45) is 17.8 Å². The summed E-state index contributed by atoms with van der Waals surface area (Å²) in [4.78, 5) is 14.0. The van der Waals surface area contributed by atoms with E-state index < -0.39 is 5.60 Å². The van der Waals surface area contributed by atoms with Gasteiger partial charge in [-0.25, -0.2) is 4.79 Å². The number of carbonyl (C=O) groups is 1. The van der Waals surface area contributed by atoms with Crippen molar-refractivity contribution in [3.05, 3.63) is 0 Å². The third-order valence-electron chi connectivity index (χ3n) is 4.82. The number of hydrogen-bond acceptors (Lipinski definition) is 3. The zero-order chi connectivity index (χ0) is 15.5. The molecule has 1 saturated carbocycles. The molecule has 2 atom stereocenters. The number of nitrogens with zero attached hydrogens (tertiary/aromatic N) is 1. The predicted molar refractivity (Wildman–Crippen MR) is 83.1 cm³/mol. The lowest BCUT2D eigenvalue weighted by Gasteiger charge is -2.26. The second-order valence-electron chi connectivity index (χ2n) is 7.83. The molecule has 2 fully saturated rings. The summed E-state index contributed by atoms with van der Waals surface area (Å²) in [6.45, 7) is 7.24. The van der Waals surface area contributed by atoms with Crippen molar-refractivity contribution in [1.82, 2.24) is 4.90 Å². The summed E-state index contributed by atoms with van der Waals surface area (Å²) in [6.07, 6.45) is 7.63. The molecule has 2 aliphatic rings. The van der Waals surface area contributed by atoms with E-state index in [1.165, 1.54) is 32.1 Å². The van der Waals surface area contributed by atoms with Gasteiger partial charge in [-0.2, -0.15) is 0 Å². The molecule has 0 radical (unpaired) electrons. The van der Waals surface area contributed by atoms with E-state index in [1.807, 2.05) is 20.8 Å². The van der Waals surface area contributed by atoms with Gasteiger partial charge in [-0.15, -0.1) is 0 Å². The molecule has 1 amide bonds. The molecule has 2 rings (SSSR count). The summed E-state index contributed by atoms with van der Waals surface area (Å²) in [5.41, 5.74) is -0.451. The standard InChI is InChI=1S/C17H31NO3/c1-17(2,3)21-16(20)18-10-14(15(11-18)12-19)9-13-7-5-4-6-8-13/h13-15,19H,4-12H2,1-3H3/t14-,15+/m1/s1. The van der Waals surface area contributed by atoms with Gasteiger partial charge in [0.1, 0.15) is 5.60 Å². The van der Waals surface area contributed by atoms with E-state index in [0.717, 1.165) is 18.9 Å². The first-order valence-corrected chi connectivity index (χ1v) is 8.48. The van der Waals surface area contributed by atoms with E-state index in [1.54, 1.807) is 4.90 Å². The monoisotopic (exact) mass is 297 g/mol. The van der Waals surface area contributed by atoms with Crippen LogP contribution in [0.5, 0.6) is 0 Å². The lowest BCUT2D eigenvalue weighted by Crippen LogP contribution is -2.35. The third-order valence-corrected chi connectivity index (χ3v) is 4.82. The Kier molecular flexibility index (Phi) is 5.53. The van der Waals surface area contributed by atoms with Crippen LogP contribution in [-0.2, 0) is 4.74 Å². The fourth-order valence-corrected chi connectivity index (χ4v) is 3.74. The van der Waals surface area contributed by atoms with Crippen molar-refractivity contribution in [2.45, 2.75) is 64.9 Å². The molecular formula is C17H31NO3. The van der Waals surface area contributed by atoms with E-state index in [-0.39, 0.29) is 18.6 Å². The van der Waals surface area contributed by atoms with Gasteiger partial charge in [0.15, 0.2) is 0 Å². The van der Waals surface area contributed by atoms with Gasteiger partial charge in [0, 0.05) is 25.6 Å². The Morgan fingerprint density at radius 2 is 1.76 bits per heavy atom. The van der Waals surface area contributed by atoms with Crippen LogP contribution in [0.25, 0.3) is 0 Å². The maximum Gasteiger partial charge on any atom is 0.410 e. The molecule has 0 spiro atoms. The molecule has 4 heteroatoms. The Morgan fingerprint density at radius 3 is 2.33 bits per heavy atom. The highest BCUT2D eigenvalue weighted by Crippen LogP contribution is 2.35. The lowest BCUT2D eigenvalue weighted by atomic mass is 9.80. The predicted octanol–water partition coefficient (Wildman–Crippen LogP) is 3.43. The molecule has 1 N–H and O–H groups in total. The zero-order valence-corrected chi connectivity index (χ0v) is 13.8. The molecule has 0 unspecified atom stereocenters. The number of likely N-dealkylation sites (tertiary alicyclic amines) is 1. The van der Waals surface area contributed by atoms with Crippen LogP contribution in [0.15, 0.2) is 0 Å². The van der Waals surface area contributed by atoms with Gasteiger partial charge < -0.3 is 14.7 Å². The van der Waals surface area contributed by atoms with E-state index in [0.29, 0.717) is 12.5 Å². The smallest absolute Gasteiger partial charge is 0.410 e. The highest BCUT2D eigenvalue weighted by atomic mass is 16.6. The Balaban J connectivity index is 1.88. The van der Waals surface area contributed by atoms with Gasteiger partial charge >= 0.3 is 6.09 Å². The number of aliphatic hydroxyl groups is 1. The highest BCUT2D eigenvalue weighted by molar-refractivity contribution is 5.68. The van der Waals surface area contributed by atoms with Crippen molar-refractivity contribution in [3.8, 4) is 0 Å². The second kappa shape index (κ2) is 6.99. The van der Waals surface area contributed by atoms with Gasteiger partial charge in [0.2, 0.25) is 0 Å². The average molecular weight is 297 g/mol. The number of hydrogen-bond donors (Lipinski definition) is 1. The maximum absolute atomic E-state index is 12.2. The van der Waals surface area contributed by atoms with Gasteiger partial charge in [-0.3, -0.25) is 0 Å². The van der Waals surface area contributed by atoms with Crippen molar-refractivity contribution in [2.75, 3.05) is 19.7 Å². The molecule has 0 aromatic heterocycles. The Labute approximate surface area is 128 Å². The SMILES string of the molecule is CC(C)(C)OC(=O)N1C[C@@H](CO)[C@H](CC2CCCCC2)C1. The normalized spacial score (nSPS) is 27.9. The molecule has 4 nitrogen and oxygen atoms in total. The summed E-state index contributed by atoms with van der Waals surface area (Å²) in [6, 6.07) is 0. The quantitative estimate of drug-likeness (QED) is 0.868. The molecule has 21 heavy (non-hydrogen) atoms. The third kappa shape index (κ3) is 4.87. The molecule has 1 aliphatic carbocycles. The molecule has 122 valence electrons. The summed E-state index contributed by atoms with van der Waals surface area (Å²) in [7, 11) is 0. The number of aliphatic hydroxyl groups excluding tert-OH is 1. The Hall–Kier alpha value is -0.770. The topological polar surface area (TPSA) is 49.8 Å². The first-order chi connectivity index (χ1) is 9.89. The minimum atomic E-state index is -0.451. The summed E-state index contributed by atoms with van der Waals surface area (Å²) in [5.74, 6) is 1.45. The van der Waals surface area contributed by atoms with Crippen molar-refractivity contribution in [1.29, 1.82) is 0 Å². The molecule has 0 bridgehead atoms. The van der Waals surface area contributed by atoms with Gasteiger partial charge in [-0.1, -0.05) is 32.1 Å². The van der Waals surface area contributed by atoms with Crippen LogP contribution in [0.2, 0.25) is 0 Å². The van der Waals surface area contributed by atoms with Crippen LogP contribution in [0.1, 0.15) is 59.3 Å². The number of amides is 1. The van der Waals surface area contributed by atoms with Crippen LogP contribution in [0.4, 0.5) is 4.79 Å². The zero-order valence-electron chi connectivity index (χ0n) is 13.8. The number of carbonyl (C=O) groups excluding carboxylic acids is 1. The Bertz CT molecular complexity index is 344. The number of rotatable bonds is 3. The van der Waals surface area contributed by atoms with E-state index in [2.05, 4.69) is 0 Å². The second-order valence-corrected chi connectivity index (χ2v) is 7.83. The van der Waals surface area contributed by atoms with Crippen LogP contribution in [-0.4, -0.2) is 41.4 Å². The Morgan fingerprint density at radius 1 is 1.14 bits per heavy atom. The summed E-state index contributed by atoms with van der Waals surface area (Å²) < 4.78 is 5.46. The minimum absolute atomic E-state index is 0.177. The number of ether oxygens (including phenoxy) is 1. The molecule has 0 aromatic rings. The summed E-state index contributed by atoms with van der Waals surface area (Å²) in [5, 5.41) is 9.62. The molecule has 0 aromatic carbocycles. The molecule has 1 heterocycles. The lowest BCUT2D eigenvalue weighted by molar-refractivity contribution is 0.0280. The highest BCUT2D eigenvalue weighted by Gasteiger charge is 2.37. The molecule has 1 aliphatic heterocycles. The van der Waals surface area contributed by atoms with Crippen molar-refractivity contribution >= 4 is 6.09 Å². The fourth-order valence-electron chi connectivity index (χ4n) is 3.74. The first kappa shape index (κ1) is 16.6. The van der Waals surface area contributed by atoms with Gasteiger partial charge in [0.25, 0.3) is 0 Å². The van der Waals surface area contributed by atoms with E-state index in [9.17, 15) is 9.90 Å². The fraction of sp³-hybridized carbons (Fsp3) is 0.941. The van der Waals surface area contributed by atoms with E-state index >= 15 is 0 Å². The van der Waals surface area contributed by atoms with Gasteiger partial charge in [-0.05, 0) is 39.0 Å². The van der Waals surface area contributed by atoms with Crippen LogP contribution >= 0.6 is 0 Å².